The first-order chi connectivity index (χ1) is 12.6. The zero-order chi connectivity index (χ0) is 18.5. The summed E-state index contributed by atoms with van der Waals surface area (Å²) in [5, 5.41) is 13.8. The SMILES string of the molecule is Cc1ccccc1[C@@H](NC(=O)c1ccc([N+](=O)[O-])cc1)c1ccccc1. The summed E-state index contributed by atoms with van der Waals surface area (Å²) in [5.74, 6) is -0.281. The average Bonchev–Trinajstić information content (AvgIpc) is 2.67. The van der Waals surface area contributed by atoms with Crippen molar-refractivity contribution in [1.29, 1.82) is 0 Å². The maximum Gasteiger partial charge on any atom is 0.269 e. The van der Waals surface area contributed by atoms with Gasteiger partial charge in [-0.15, -0.1) is 0 Å². The van der Waals surface area contributed by atoms with Crippen LogP contribution in [0.3, 0.4) is 0 Å². The van der Waals surface area contributed by atoms with Gasteiger partial charge in [0.25, 0.3) is 11.6 Å². The second-order valence-corrected chi connectivity index (χ2v) is 5.98. The largest absolute Gasteiger partial charge is 0.341 e. The van der Waals surface area contributed by atoms with Gasteiger partial charge in [-0.2, -0.15) is 0 Å². The number of carbonyl (C=O) groups excluding carboxylic acids is 1. The van der Waals surface area contributed by atoms with Crippen LogP contribution in [-0.2, 0) is 0 Å². The van der Waals surface area contributed by atoms with Crippen molar-refractivity contribution in [3.63, 3.8) is 0 Å². The molecule has 0 heterocycles. The summed E-state index contributed by atoms with van der Waals surface area (Å²) in [4.78, 5) is 23.0. The molecule has 0 spiro atoms. The Hall–Kier alpha value is -3.47. The summed E-state index contributed by atoms with van der Waals surface area (Å²) in [6.45, 7) is 2.00. The predicted molar refractivity (Wildman–Crippen MR) is 100 cm³/mol. The fourth-order valence-electron chi connectivity index (χ4n) is 2.85. The summed E-state index contributed by atoms with van der Waals surface area (Å²) in [5.41, 5.74) is 3.39. The van der Waals surface area contributed by atoms with Crippen LogP contribution in [0.25, 0.3) is 0 Å². The van der Waals surface area contributed by atoms with Crippen molar-refractivity contribution in [2.45, 2.75) is 13.0 Å². The molecule has 3 rings (SSSR count). The number of nitrogens with one attached hydrogen (secondary N) is 1. The Kier molecular flexibility index (Phi) is 5.08. The fourth-order valence-corrected chi connectivity index (χ4v) is 2.85. The predicted octanol–water partition coefficient (Wildman–Crippen LogP) is 4.42. The van der Waals surface area contributed by atoms with Gasteiger partial charge in [-0.25, -0.2) is 0 Å². The molecule has 0 aliphatic rings. The number of amides is 1. The summed E-state index contributed by atoms with van der Waals surface area (Å²) >= 11 is 0. The number of carbonyl (C=O) groups is 1. The molecule has 26 heavy (non-hydrogen) atoms. The molecular formula is C21H18N2O3. The molecule has 0 unspecified atom stereocenters. The Morgan fingerprint density at radius 3 is 2.15 bits per heavy atom. The molecule has 0 aromatic heterocycles. The van der Waals surface area contributed by atoms with Crippen molar-refractivity contribution in [2.75, 3.05) is 0 Å². The normalized spacial score (nSPS) is 11.6. The minimum absolute atomic E-state index is 0.0416. The van der Waals surface area contributed by atoms with Crippen LogP contribution in [0.5, 0.6) is 0 Å². The average molecular weight is 346 g/mol. The van der Waals surface area contributed by atoms with E-state index in [9.17, 15) is 14.9 Å². The van der Waals surface area contributed by atoms with Crippen LogP contribution < -0.4 is 5.32 Å². The Morgan fingerprint density at radius 1 is 0.923 bits per heavy atom. The number of non-ortho nitro benzene ring substituents is 1. The zero-order valence-corrected chi connectivity index (χ0v) is 14.3. The highest BCUT2D eigenvalue weighted by Crippen LogP contribution is 2.25. The Morgan fingerprint density at radius 2 is 1.54 bits per heavy atom. The van der Waals surface area contributed by atoms with Gasteiger partial charge in [0.15, 0.2) is 0 Å². The summed E-state index contributed by atoms with van der Waals surface area (Å²) < 4.78 is 0. The van der Waals surface area contributed by atoms with E-state index in [1.165, 1.54) is 24.3 Å². The lowest BCUT2D eigenvalue weighted by Gasteiger charge is -2.21. The Labute approximate surface area is 151 Å². The van der Waals surface area contributed by atoms with Crippen LogP contribution in [0.4, 0.5) is 5.69 Å². The van der Waals surface area contributed by atoms with E-state index in [2.05, 4.69) is 5.32 Å². The zero-order valence-electron chi connectivity index (χ0n) is 14.3. The van der Waals surface area contributed by atoms with Crippen LogP contribution in [-0.4, -0.2) is 10.8 Å². The van der Waals surface area contributed by atoms with E-state index < -0.39 is 4.92 Å². The molecule has 0 radical (unpaired) electrons. The van der Waals surface area contributed by atoms with Crippen molar-refractivity contribution in [3.05, 3.63) is 111 Å². The summed E-state index contributed by atoms with van der Waals surface area (Å²) in [7, 11) is 0. The standard InChI is InChI=1S/C21H18N2O3/c1-15-7-5-6-10-19(15)20(16-8-3-2-4-9-16)22-21(24)17-11-13-18(14-12-17)23(25)26/h2-14,20H,1H3,(H,22,24)/t20-/m0/s1. The van der Waals surface area contributed by atoms with Crippen LogP contribution in [0, 0.1) is 17.0 Å². The van der Waals surface area contributed by atoms with Gasteiger partial charge >= 0.3 is 0 Å². The molecule has 1 amide bonds. The Bertz CT molecular complexity index is 922. The van der Waals surface area contributed by atoms with Crippen molar-refractivity contribution in [1.82, 2.24) is 5.32 Å². The van der Waals surface area contributed by atoms with Gasteiger partial charge in [0.05, 0.1) is 11.0 Å². The lowest BCUT2D eigenvalue weighted by Crippen LogP contribution is -2.29. The first kappa shape index (κ1) is 17.4. The van der Waals surface area contributed by atoms with Gasteiger partial charge in [-0.1, -0.05) is 54.6 Å². The molecule has 0 saturated carbocycles. The van der Waals surface area contributed by atoms with Crippen LogP contribution in [0.1, 0.15) is 33.1 Å². The van der Waals surface area contributed by atoms with E-state index >= 15 is 0 Å². The number of nitro groups is 1. The topological polar surface area (TPSA) is 72.2 Å². The molecule has 3 aromatic rings. The first-order valence-electron chi connectivity index (χ1n) is 8.22. The number of nitrogens with zero attached hydrogens (tertiary/aromatic N) is 1. The van der Waals surface area contributed by atoms with Crippen molar-refractivity contribution < 1.29 is 9.72 Å². The molecule has 0 fully saturated rings. The highest BCUT2D eigenvalue weighted by atomic mass is 16.6. The smallest absolute Gasteiger partial charge is 0.269 e. The monoisotopic (exact) mass is 346 g/mol. The number of rotatable bonds is 5. The molecule has 130 valence electrons. The molecule has 0 aliphatic heterocycles. The molecule has 0 aliphatic carbocycles. The number of hydrogen-bond acceptors (Lipinski definition) is 3. The van der Waals surface area contributed by atoms with E-state index in [-0.39, 0.29) is 17.6 Å². The maximum absolute atomic E-state index is 12.7. The molecule has 1 N–H and O–H groups in total. The van der Waals surface area contributed by atoms with Gasteiger partial charge < -0.3 is 5.32 Å². The summed E-state index contributed by atoms with van der Waals surface area (Å²) in [6.07, 6.45) is 0. The van der Waals surface area contributed by atoms with Crippen LogP contribution in [0.15, 0.2) is 78.9 Å². The third-order valence-corrected chi connectivity index (χ3v) is 4.25. The van der Waals surface area contributed by atoms with Crippen LogP contribution in [0.2, 0.25) is 0 Å². The highest BCUT2D eigenvalue weighted by molar-refractivity contribution is 5.95. The minimum Gasteiger partial charge on any atom is -0.341 e. The quantitative estimate of drug-likeness (QED) is 0.549. The maximum atomic E-state index is 12.7. The molecule has 0 saturated heterocycles. The van der Waals surface area contributed by atoms with Crippen molar-refractivity contribution in [2.24, 2.45) is 0 Å². The van der Waals surface area contributed by atoms with E-state index in [1.54, 1.807) is 0 Å². The van der Waals surface area contributed by atoms with E-state index in [1.807, 2.05) is 61.5 Å². The number of aryl methyl sites for hydroxylation is 1. The summed E-state index contributed by atoms with van der Waals surface area (Å²) in [6, 6.07) is 22.9. The lowest BCUT2D eigenvalue weighted by molar-refractivity contribution is -0.384. The second kappa shape index (κ2) is 7.61. The molecule has 5 heteroatoms. The first-order valence-corrected chi connectivity index (χ1v) is 8.22. The van der Waals surface area contributed by atoms with Gasteiger partial charge in [0.1, 0.15) is 0 Å². The third-order valence-electron chi connectivity index (χ3n) is 4.25. The molecule has 0 bridgehead atoms. The molecule has 5 nitrogen and oxygen atoms in total. The van der Waals surface area contributed by atoms with Crippen molar-refractivity contribution in [3.8, 4) is 0 Å². The number of hydrogen-bond donors (Lipinski definition) is 1. The van der Waals surface area contributed by atoms with Gasteiger partial charge in [0.2, 0.25) is 0 Å². The molecule has 3 aromatic carbocycles. The second-order valence-electron chi connectivity index (χ2n) is 5.98. The van der Waals surface area contributed by atoms with Gasteiger partial charge in [-0.05, 0) is 35.7 Å². The number of nitro benzene ring substituents is 1. The van der Waals surface area contributed by atoms with E-state index in [0.29, 0.717) is 5.56 Å². The van der Waals surface area contributed by atoms with Crippen LogP contribution >= 0.6 is 0 Å². The van der Waals surface area contributed by atoms with Crippen molar-refractivity contribution >= 4 is 11.6 Å². The van der Waals surface area contributed by atoms with E-state index in [0.717, 1.165) is 16.7 Å². The van der Waals surface area contributed by atoms with Gasteiger partial charge in [-0.3, -0.25) is 14.9 Å². The molecular weight excluding hydrogens is 328 g/mol. The molecule has 1 atom stereocenters. The van der Waals surface area contributed by atoms with Gasteiger partial charge in [0, 0.05) is 17.7 Å². The lowest BCUT2D eigenvalue weighted by atomic mass is 9.94. The minimum atomic E-state index is -0.484. The van der Waals surface area contributed by atoms with E-state index in [4.69, 9.17) is 0 Å². The fraction of sp³-hybridized carbons (Fsp3) is 0.0952. The highest BCUT2D eigenvalue weighted by Gasteiger charge is 2.19. The third kappa shape index (κ3) is 3.78. The number of benzene rings is 3. The Balaban J connectivity index is 1.92.